The molecule has 0 bridgehead atoms. The lowest BCUT2D eigenvalue weighted by Gasteiger charge is -2.25. The number of hydrogen-bond donors (Lipinski definition) is 2. The number of thiophene rings is 1. The summed E-state index contributed by atoms with van der Waals surface area (Å²) in [5.74, 6) is 2.53. The highest BCUT2D eigenvalue weighted by Crippen LogP contribution is 2.26. The Bertz CT molecular complexity index is 746. The van der Waals surface area contributed by atoms with Crippen molar-refractivity contribution in [3.8, 4) is 0 Å². The molecule has 2 aromatic heterocycles. The van der Waals surface area contributed by atoms with E-state index in [0.717, 1.165) is 50.1 Å². The third-order valence-electron chi connectivity index (χ3n) is 4.97. The second kappa shape index (κ2) is 8.84. The highest BCUT2D eigenvalue weighted by Gasteiger charge is 2.22. The summed E-state index contributed by atoms with van der Waals surface area (Å²) in [6, 6.07) is 4.29. The Morgan fingerprint density at radius 3 is 2.89 bits per heavy atom. The Hall–Kier alpha value is -1.93. The van der Waals surface area contributed by atoms with Gasteiger partial charge in [0.2, 0.25) is 0 Å². The van der Waals surface area contributed by atoms with Gasteiger partial charge in [0.05, 0.1) is 6.10 Å². The zero-order chi connectivity index (χ0) is 19.3. The molecule has 1 fully saturated rings. The fourth-order valence-corrected chi connectivity index (χ4v) is 3.84. The number of guanidine groups is 1. The predicted octanol–water partition coefficient (Wildman–Crippen LogP) is 2.38. The van der Waals surface area contributed by atoms with Gasteiger partial charge in [-0.2, -0.15) is 0 Å². The van der Waals surface area contributed by atoms with Crippen molar-refractivity contribution in [2.24, 2.45) is 12.0 Å². The summed E-state index contributed by atoms with van der Waals surface area (Å²) in [6.07, 6.45) is 2.50. The molecule has 0 aliphatic carbocycles. The van der Waals surface area contributed by atoms with Crippen LogP contribution in [0.15, 0.2) is 22.5 Å². The molecule has 2 aromatic rings. The van der Waals surface area contributed by atoms with Crippen molar-refractivity contribution in [2.45, 2.75) is 51.7 Å². The first-order chi connectivity index (χ1) is 13.0. The van der Waals surface area contributed by atoms with E-state index in [-0.39, 0.29) is 11.5 Å². The van der Waals surface area contributed by atoms with Crippen LogP contribution in [-0.4, -0.2) is 46.5 Å². The van der Waals surface area contributed by atoms with E-state index < -0.39 is 0 Å². The highest BCUT2D eigenvalue weighted by molar-refractivity contribution is 7.10. The Labute approximate surface area is 165 Å². The lowest BCUT2D eigenvalue weighted by Crippen LogP contribution is -2.45. The largest absolute Gasteiger partial charge is 0.376 e. The SMILES string of the molecule is Cc1nnc(CN=C(NCC2CCCO2)NCC(C)(C)c2cccs2)n1C. The molecular weight excluding hydrogens is 360 g/mol. The smallest absolute Gasteiger partial charge is 0.191 e. The van der Waals surface area contributed by atoms with E-state index in [9.17, 15) is 0 Å². The molecule has 27 heavy (non-hydrogen) atoms. The normalized spacial score (nSPS) is 18.1. The van der Waals surface area contributed by atoms with Crippen LogP contribution >= 0.6 is 11.3 Å². The van der Waals surface area contributed by atoms with Crippen LogP contribution in [0.25, 0.3) is 0 Å². The highest BCUT2D eigenvalue weighted by atomic mass is 32.1. The van der Waals surface area contributed by atoms with Crippen molar-refractivity contribution >= 4 is 17.3 Å². The van der Waals surface area contributed by atoms with Crippen molar-refractivity contribution in [3.05, 3.63) is 34.0 Å². The number of ether oxygens (including phenoxy) is 1. The van der Waals surface area contributed by atoms with Crippen molar-refractivity contribution in [1.29, 1.82) is 0 Å². The molecule has 148 valence electrons. The summed E-state index contributed by atoms with van der Waals surface area (Å²) >= 11 is 1.79. The molecule has 0 radical (unpaired) electrons. The molecule has 0 saturated carbocycles. The van der Waals surface area contributed by atoms with Crippen molar-refractivity contribution in [1.82, 2.24) is 25.4 Å². The average Bonchev–Trinajstić information content (AvgIpc) is 3.40. The minimum Gasteiger partial charge on any atom is -0.376 e. The second-order valence-electron chi connectivity index (χ2n) is 7.62. The zero-order valence-corrected chi connectivity index (χ0v) is 17.5. The maximum absolute atomic E-state index is 5.72. The van der Waals surface area contributed by atoms with Crippen molar-refractivity contribution < 1.29 is 4.74 Å². The van der Waals surface area contributed by atoms with Crippen LogP contribution in [0.1, 0.15) is 43.2 Å². The van der Waals surface area contributed by atoms with E-state index >= 15 is 0 Å². The molecule has 3 heterocycles. The molecule has 1 aliphatic rings. The Balaban J connectivity index is 1.64. The van der Waals surface area contributed by atoms with Crippen LogP contribution in [0.3, 0.4) is 0 Å². The number of hydrogen-bond acceptors (Lipinski definition) is 5. The number of aromatic nitrogens is 3. The fourth-order valence-electron chi connectivity index (χ4n) is 2.98. The van der Waals surface area contributed by atoms with Gasteiger partial charge in [-0.05, 0) is 31.2 Å². The van der Waals surface area contributed by atoms with Crippen molar-refractivity contribution in [3.63, 3.8) is 0 Å². The standard InChI is InChI=1S/C19H30N6OS/c1-14-23-24-17(25(14)4)12-21-18(20-11-15-7-5-9-26-15)22-13-19(2,3)16-8-6-10-27-16/h6,8,10,15H,5,7,9,11-13H2,1-4H3,(H2,20,21,22). The Kier molecular flexibility index (Phi) is 6.49. The van der Waals surface area contributed by atoms with Gasteiger partial charge in [0.15, 0.2) is 11.8 Å². The number of aryl methyl sites for hydroxylation is 1. The monoisotopic (exact) mass is 390 g/mol. The van der Waals surface area contributed by atoms with Gasteiger partial charge in [0.25, 0.3) is 0 Å². The lowest BCUT2D eigenvalue weighted by atomic mass is 9.91. The van der Waals surface area contributed by atoms with E-state index in [0.29, 0.717) is 6.54 Å². The van der Waals surface area contributed by atoms with Gasteiger partial charge in [-0.1, -0.05) is 19.9 Å². The van der Waals surface area contributed by atoms with E-state index in [4.69, 9.17) is 9.73 Å². The summed E-state index contributed by atoms with van der Waals surface area (Å²) in [6.45, 7) is 9.34. The first kappa shape index (κ1) is 19.8. The third-order valence-corrected chi connectivity index (χ3v) is 6.20. The molecule has 1 unspecified atom stereocenters. The van der Waals surface area contributed by atoms with Crippen LogP contribution in [0.2, 0.25) is 0 Å². The van der Waals surface area contributed by atoms with Crippen molar-refractivity contribution in [2.75, 3.05) is 19.7 Å². The first-order valence-corrected chi connectivity index (χ1v) is 10.4. The van der Waals surface area contributed by atoms with Crippen LogP contribution in [0, 0.1) is 6.92 Å². The van der Waals surface area contributed by atoms with Crippen LogP contribution < -0.4 is 10.6 Å². The van der Waals surface area contributed by atoms with Gasteiger partial charge in [0.1, 0.15) is 12.4 Å². The summed E-state index contributed by atoms with van der Waals surface area (Å²) in [5.41, 5.74) is 0.0296. The van der Waals surface area contributed by atoms with Gasteiger partial charge in [-0.3, -0.25) is 0 Å². The second-order valence-corrected chi connectivity index (χ2v) is 8.57. The van der Waals surface area contributed by atoms with E-state index in [1.54, 1.807) is 11.3 Å². The molecule has 0 aromatic carbocycles. The molecule has 2 N–H and O–H groups in total. The fraction of sp³-hybridized carbons (Fsp3) is 0.632. The molecule has 7 nitrogen and oxygen atoms in total. The molecular formula is C19H30N6OS. The molecule has 0 amide bonds. The van der Waals surface area contributed by atoms with Crippen LogP contribution in [0.4, 0.5) is 0 Å². The minimum atomic E-state index is 0.0296. The average molecular weight is 391 g/mol. The number of aliphatic imine (C=N–C) groups is 1. The summed E-state index contributed by atoms with van der Waals surface area (Å²) in [7, 11) is 1.97. The number of rotatable bonds is 7. The molecule has 1 saturated heterocycles. The quantitative estimate of drug-likeness (QED) is 0.561. The Morgan fingerprint density at radius 1 is 1.41 bits per heavy atom. The van der Waals surface area contributed by atoms with E-state index in [1.165, 1.54) is 4.88 Å². The summed E-state index contributed by atoms with van der Waals surface area (Å²) < 4.78 is 7.69. The summed E-state index contributed by atoms with van der Waals surface area (Å²) in [4.78, 5) is 6.09. The first-order valence-electron chi connectivity index (χ1n) is 9.48. The van der Waals surface area contributed by atoms with Gasteiger partial charge in [-0.15, -0.1) is 21.5 Å². The molecule has 8 heteroatoms. The number of nitrogens with zero attached hydrogens (tertiary/aromatic N) is 4. The van der Waals surface area contributed by atoms with Gasteiger partial charge in [-0.25, -0.2) is 4.99 Å². The maximum atomic E-state index is 5.72. The van der Waals surface area contributed by atoms with Crippen LogP contribution in [0.5, 0.6) is 0 Å². The molecule has 3 rings (SSSR count). The topological polar surface area (TPSA) is 76.4 Å². The Morgan fingerprint density at radius 2 is 2.26 bits per heavy atom. The minimum absolute atomic E-state index is 0.0296. The predicted molar refractivity (Wildman–Crippen MR) is 109 cm³/mol. The van der Waals surface area contributed by atoms with E-state index in [2.05, 4.69) is 52.2 Å². The maximum Gasteiger partial charge on any atom is 0.191 e. The van der Waals surface area contributed by atoms with Gasteiger partial charge >= 0.3 is 0 Å². The summed E-state index contributed by atoms with van der Waals surface area (Å²) in [5, 5.41) is 17.4. The van der Waals surface area contributed by atoms with E-state index in [1.807, 2.05) is 18.5 Å². The zero-order valence-electron chi connectivity index (χ0n) is 16.7. The lowest BCUT2D eigenvalue weighted by molar-refractivity contribution is 0.113. The molecule has 1 aliphatic heterocycles. The molecule has 0 spiro atoms. The number of nitrogens with one attached hydrogen (secondary N) is 2. The van der Waals surface area contributed by atoms with Gasteiger partial charge in [0, 0.05) is 37.0 Å². The van der Waals surface area contributed by atoms with Crippen LogP contribution in [-0.2, 0) is 23.7 Å². The third kappa shape index (κ3) is 5.29. The van der Waals surface area contributed by atoms with Gasteiger partial charge < -0.3 is 19.9 Å². The molecule has 1 atom stereocenters.